The third-order valence-corrected chi connectivity index (χ3v) is 6.14. The lowest BCUT2D eigenvalue weighted by molar-refractivity contribution is -0.370. The van der Waals surface area contributed by atoms with Gasteiger partial charge in [-0.2, -0.15) is 0 Å². The highest BCUT2D eigenvalue weighted by Gasteiger charge is 2.77. The fourth-order valence-electron chi connectivity index (χ4n) is 4.66. The summed E-state index contributed by atoms with van der Waals surface area (Å²) < 4.78 is 5.67. The molecule has 0 spiro atoms. The first kappa shape index (κ1) is 16.9. The van der Waals surface area contributed by atoms with Gasteiger partial charge in [0.1, 0.15) is 11.1 Å². The van der Waals surface area contributed by atoms with Gasteiger partial charge in [0.05, 0.1) is 12.0 Å². The van der Waals surface area contributed by atoms with Crippen molar-refractivity contribution >= 4 is 5.91 Å². The maximum absolute atomic E-state index is 12.5. The third kappa shape index (κ3) is 2.36. The van der Waals surface area contributed by atoms with Crippen molar-refractivity contribution in [3.05, 3.63) is 12.2 Å². The number of ether oxygens (including phenoxy) is 1. The molecular formula is C18H29NO4. The molecule has 0 aromatic rings. The molecule has 0 unspecified atom stereocenters. The molecule has 5 nitrogen and oxygen atoms in total. The summed E-state index contributed by atoms with van der Waals surface area (Å²) in [5.74, 6) is -0.449. The Morgan fingerprint density at radius 2 is 2.26 bits per heavy atom. The van der Waals surface area contributed by atoms with E-state index in [2.05, 4.69) is 18.3 Å². The van der Waals surface area contributed by atoms with Crippen molar-refractivity contribution in [1.82, 2.24) is 5.32 Å². The molecule has 2 aliphatic heterocycles. The summed E-state index contributed by atoms with van der Waals surface area (Å²) in [6.07, 6.45) is 8.91. The van der Waals surface area contributed by atoms with Gasteiger partial charge in [-0.05, 0) is 32.6 Å². The molecule has 3 rings (SSSR count). The molecule has 3 aliphatic rings. The van der Waals surface area contributed by atoms with Crippen molar-refractivity contribution < 1.29 is 19.7 Å². The van der Waals surface area contributed by atoms with Crippen LogP contribution in [0.3, 0.4) is 0 Å². The molecule has 130 valence electrons. The number of amides is 1. The minimum atomic E-state index is -1.14. The second kappa shape index (κ2) is 6.19. The zero-order valence-electron chi connectivity index (χ0n) is 14.1. The zero-order valence-corrected chi connectivity index (χ0v) is 14.1. The van der Waals surface area contributed by atoms with Crippen LogP contribution in [0, 0.1) is 11.8 Å². The lowest BCUT2D eigenvalue weighted by Gasteiger charge is -2.60. The molecule has 0 radical (unpaired) electrons. The van der Waals surface area contributed by atoms with Crippen LogP contribution in [0.2, 0.25) is 0 Å². The maximum atomic E-state index is 12.5. The Morgan fingerprint density at radius 3 is 2.87 bits per heavy atom. The van der Waals surface area contributed by atoms with E-state index in [1.165, 1.54) is 0 Å². The zero-order chi connectivity index (χ0) is 16.7. The normalized spacial score (nSPS) is 43.7. The van der Waals surface area contributed by atoms with Crippen LogP contribution in [0.25, 0.3) is 0 Å². The molecule has 0 saturated carbocycles. The smallest absolute Gasteiger partial charge is 0.226 e. The summed E-state index contributed by atoms with van der Waals surface area (Å²) >= 11 is 0. The third-order valence-electron chi connectivity index (χ3n) is 6.14. The summed E-state index contributed by atoms with van der Waals surface area (Å²) in [7, 11) is 0. The summed E-state index contributed by atoms with van der Waals surface area (Å²) in [4.78, 5) is 12.5. The highest BCUT2D eigenvalue weighted by atomic mass is 16.7. The van der Waals surface area contributed by atoms with Crippen molar-refractivity contribution in [1.29, 1.82) is 0 Å². The molecule has 0 bridgehead atoms. The highest BCUT2D eigenvalue weighted by Crippen LogP contribution is 2.55. The van der Waals surface area contributed by atoms with E-state index < -0.39 is 23.5 Å². The van der Waals surface area contributed by atoms with E-state index in [4.69, 9.17) is 4.74 Å². The van der Waals surface area contributed by atoms with Crippen LogP contribution in [-0.2, 0) is 9.53 Å². The van der Waals surface area contributed by atoms with Gasteiger partial charge in [-0.1, -0.05) is 38.3 Å². The average molecular weight is 323 g/mol. The second-order valence-electron chi connectivity index (χ2n) is 7.45. The van der Waals surface area contributed by atoms with Crippen LogP contribution >= 0.6 is 0 Å². The predicted molar refractivity (Wildman–Crippen MR) is 86.5 cm³/mol. The van der Waals surface area contributed by atoms with E-state index in [1.807, 2.05) is 13.0 Å². The van der Waals surface area contributed by atoms with Crippen molar-refractivity contribution in [2.24, 2.45) is 11.8 Å². The molecule has 23 heavy (non-hydrogen) atoms. The van der Waals surface area contributed by atoms with Crippen LogP contribution in [0.4, 0.5) is 0 Å². The highest BCUT2D eigenvalue weighted by molar-refractivity contribution is 5.85. The van der Waals surface area contributed by atoms with Crippen LogP contribution in [0.15, 0.2) is 12.2 Å². The van der Waals surface area contributed by atoms with Crippen molar-refractivity contribution in [3.63, 3.8) is 0 Å². The average Bonchev–Trinajstić information content (AvgIpc) is 2.72. The monoisotopic (exact) mass is 323 g/mol. The van der Waals surface area contributed by atoms with Crippen LogP contribution in [0.1, 0.15) is 58.8 Å². The predicted octanol–water partition coefficient (Wildman–Crippen LogP) is 1.88. The van der Waals surface area contributed by atoms with Crippen LogP contribution in [0.5, 0.6) is 0 Å². The Morgan fingerprint density at radius 1 is 1.48 bits per heavy atom. The van der Waals surface area contributed by atoms with E-state index in [9.17, 15) is 15.0 Å². The Hall–Kier alpha value is -0.910. The van der Waals surface area contributed by atoms with Gasteiger partial charge in [0.25, 0.3) is 0 Å². The molecular weight excluding hydrogens is 294 g/mol. The number of fused-ring (bicyclic) bond motifs is 1. The molecule has 2 heterocycles. The fraction of sp³-hybridized carbons (Fsp3) is 0.833. The van der Waals surface area contributed by atoms with E-state index >= 15 is 0 Å². The minimum absolute atomic E-state index is 0.0451. The van der Waals surface area contributed by atoms with Crippen molar-refractivity contribution in [2.45, 2.75) is 82.3 Å². The number of hydrogen-bond donors (Lipinski definition) is 3. The Balaban J connectivity index is 1.83. The number of carbonyl (C=O) groups excluding carboxylic acids is 1. The quantitative estimate of drug-likeness (QED) is 0.515. The molecule has 3 N–H and O–H groups in total. The van der Waals surface area contributed by atoms with Gasteiger partial charge in [0, 0.05) is 5.92 Å². The number of carbonyl (C=O) groups is 1. The molecule has 0 aromatic carbocycles. The van der Waals surface area contributed by atoms with E-state index in [-0.39, 0.29) is 17.7 Å². The summed E-state index contributed by atoms with van der Waals surface area (Å²) in [5.41, 5.74) is -1.91. The van der Waals surface area contributed by atoms with E-state index in [0.29, 0.717) is 0 Å². The van der Waals surface area contributed by atoms with Gasteiger partial charge < -0.3 is 20.3 Å². The Bertz CT molecular complexity index is 493. The summed E-state index contributed by atoms with van der Waals surface area (Å²) in [6.45, 7) is 3.99. The molecule has 6 atom stereocenters. The molecule has 5 heteroatoms. The number of nitrogens with one attached hydrogen (secondary N) is 1. The first-order valence-corrected chi connectivity index (χ1v) is 9.00. The number of aliphatic hydroxyl groups excluding tert-OH is 2. The largest absolute Gasteiger partial charge is 0.390 e. The number of unbranched alkanes of at least 4 members (excludes halogenated alkanes) is 2. The number of aliphatic hydroxyl groups is 2. The molecule has 1 amide bonds. The molecule has 0 aromatic heterocycles. The van der Waals surface area contributed by atoms with Gasteiger partial charge >= 0.3 is 0 Å². The Labute approximate surface area is 138 Å². The summed E-state index contributed by atoms with van der Waals surface area (Å²) in [6, 6.07) is 0. The van der Waals surface area contributed by atoms with E-state index in [1.54, 1.807) is 0 Å². The first-order valence-electron chi connectivity index (χ1n) is 9.00. The van der Waals surface area contributed by atoms with Gasteiger partial charge in [-0.25, -0.2) is 0 Å². The van der Waals surface area contributed by atoms with Crippen molar-refractivity contribution in [2.75, 3.05) is 0 Å². The second-order valence-corrected chi connectivity index (χ2v) is 7.45. The van der Waals surface area contributed by atoms with E-state index in [0.717, 1.165) is 44.9 Å². The van der Waals surface area contributed by atoms with Crippen LogP contribution < -0.4 is 5.32 Å². The maximum Gasteiger partial charge on any atom is 0.226 e. The van der Waals surface area contributed by atoms with Crippen molar-refractivity contribution in [3.8, 4) is 0 Å². The standard InChI is InChI=1S/C18H29NO4/c1-3-4-6-11-13-15(21)19-18(16(22)23-17(13,18)2)14(20)12-9-7-5-8-10-12/h7,9,12-14,16,20,22H,3-6,8,10-11H2,1-2H3,(H,19,21)/t12-,13+,14+,16+,17+,18+/m1/s1. The SMILES string of the molecule is CCCCC[C@H]1C(=O)N[C@@]2([C@@H](O)[C@@H]3C=CCCC3)[C@@H](O)O[C@@]12C. The van der Waals surface area contributed by atoms with Crippen LogP contribution in [-0.4, -0.2) is 39.7 Å². The van der Waals surface area contributed by atoms with Gasteiger partial charge in [-0.3, -0.25) is 4.79 Å². The summed E-state index contributed by atoms with van der Waals surface area (Å²) in [5, 5.41) is 24.2. The fourth-order valence-corrected chi connectivity index (χ4v) is 4.66. The number of rotatable bonds is 6. The number of hydrogen-bond acceptors (Lipinski definition) is 4. The lowest BCUT2D eigenvalue weighted by atomic mass is 9.64. The van der Waals surface area contributed by atoms with Gasteiger partial charge in [0.2, 0.25) is 5.91 Å². The number of allylic oxidation sites excluding steroid dienone is 1. The van der Waals surface area contributed by atoms with Gasteiger partial charge in [-0.15, -0.1) is 0 Å². The molecule has 2 fully saturated rings. The first-order chi connectivity index (χ1) is 11.0. The molecule has 2 saturated heterocycles. The topological polar surface area (TPSA) is 78.8 Å². The Kier molecular flexibility index (Phi) is 4.55. The molecule has 1 aliphatic carbocycles. The lowest BCUT2D eigenvalue weighted by Crippen LogP contribution is -2.81. The minimum Gasteiger partial charge on any atom is -0.390 e. The van der Waals surface area contributed by atoms with Gasteiger partial charge in [0.15, 0.2) is 6.29 Å².